The fraction of sp³-hybridized carbons (Fsp3) is 0.450. The number of hydrogen-bond acceptors (Lipinski definition) is 8. The molecule has 2 aromatic heterocycles. The maximum Gasteiger partial charge on any atom is 0.407 e. The molecule has 34 heavy (non-hydrogen) atoms. The van der Waals surface area contributed by atoms with E-state index in [0.29, 0.717) is 18.9 Å². The Hall–Kier alpha value is -2.70. The van der Waals surface area contributed by atoms with E-state index in [1.807, 2.05) is 18.6 Å². The van der Waals surface area contributed by atoms with Gasteiger partial charge in [0.25, 0.3) is 15.9 Å². The van der Waals surface area contributed by atoms with E-state index in [1.54, 1.807) is 6.07 Å². The molecule has 2 aromatic rings. The van der Waals surface area contributed by atoms with Crippen molar-refractivity contribution in [1.29, 1.82) is 0 Å². The first-order valence-corrected chi connectivity index (χ1v) is 12.6. The lowest BCUT2D eigenvalue weighted by molar-refractivity contribution is 0.0980. The second kappa shape index (κ2) is 10.3. The van der Waals surface area contributed by atoms with Gasteiger partial charge in [0, 0.05) is 24.8 Å². The molecule has 3 heterocycles. The Labute approximate surface area is 207 Å². The van der Waals surface area contributed by atoms with Crippen molar-refractivity contribution in [3.8, 4) is 0 Å². The molecule has 0 aliphatic carbocycles. The Bertz CT molecular complexity index is 1190. The third-order valence-electron chi connectivity index (χ3n) is 5.47. The minimum atomic E-state index is -4.29. The highest BCUT2D eigenvalue weighted by atomic mass is 35.5. The zero-order valence-electron chi connectivity index (χ0n) is 18.5. The number of likely N-dealkylation sites (tertiary alicyclic amines) is 1. The first-order valence-electron chi connectivity index (χ1n) is 10.4. The number of nitrogens with zero attached hydrogens (tertiary/aromatic N) is 4. The van der Waals surface area contributed by atoms with Crippen molar-refractivity contribution >= 4 is 51.0 Å². The third kappa shape index (κ3) is 6.24. The lowest BCUT2D eigenvalue weighted by Gasteiger charge is -2.28. The molecule has 11 nitrogen and oxygen atoms in total. The summed E-state index contributed by atoms with van der Waals surface area (Å²) in [6, 6.07) is 4.36. The molecular formula is C20H24Cl2N6O5S. The minimum absolute atomic E-state index is 0.180. The lowest BCUT2D eigenvalue weighted by Crippen LogP contribution is -2.41. The summed E-state index contributed by atoms with van der Waals surface area (Å²) in [7, 11) is -4.29. The van der Waals surface area contributed by atoms with Gasteiger partial charge in [-0.3, -0.25) is 4.79 Å². The summed E-state index contributed by atoms with van der Waals surface area (Å²) in [5.74, 6) is -0.440. The highest BCUT2D eigenvalue weighted by Gasteiger charge is 2.40. The predicted octanol–water partition coefficient (Wildman–Crippen LogP) is 3.27. The van der Waals surface area contributed by atoms with Gasteiger partial charge in [-0.05, 0) is 62.8 Å². The highest BCUT2D eigenvalue weighted by molar-refractivity contribution is 7.90. The van der Waals surface area contributed by atoms with E-state index in [4.69, 9.17) is 23.2 Å². The summed E-state index contributed by atoms with van der Waals surface area (Å²) in [6.07, 6.45) is 2.46. The fourth-order valence-electron chi connectivity index (χ4n) is 3.91. The van der Waals surface area contributed by atoms with E-state index >= 15 is 0 Å². The van der Waals surface area contributed by atoms with Crippen molar-refractivity contribution < 1.29 is 23.1 Å². The van der Waals surface area contributed by atoms with Crippen LogP contribution in [0, 0.1) is 5.92 Å². The Morgan fingerprint density at radius 2 is 2.00 bits per heavy atom. The maximum absolute atomic E-state index is 12.6. The van der Waals surface area contributed by atoms with Crippen molar-refractivity contribution in [2.24, 2.45) is 5.92 Å². The molecule has 0 aromatic carbocycles. The molecule has 1 saturated heterocycles. The van der Waals surface area contributed by atoms with Crippen LogP contribution in [0.1, 0.15) is 43.5 Å². The SMILES string of the molecule is CC1(C)C[C@H](CCCNc2cccc(S(=O)(=O)NC(=O)c3cnc(Cl)nc3Cl)n2)CN1C(=O)O. The molecule has 14 heteroatoms. The molecule has 184 valence electrons. The van der Waals surface area contributed by atoms with Crippen LogP contribution in [0.3, 0.4) is 0 Å². The topological polar surface area (TPSA) is 154 Å². The monoisotopic (exact) mass is 530 g/mol. The number of amides is 2. The Balaban J connectivity index is 1.56. The van der Waals surface area contributed by atoms with Gasteiger partial charge >= 0.3 is 6.09 Å². The van der Waals surface area contributed by atoms with Crippen molar-refractivity contribution in [1.82, 2.24) is 24.6 Å². The first kappa shape index (κ1) is 25.9. The van der Waals surface area contributed by atoms with Gasteiger partial charge in [-0.2, -0.15) is 8.42 Å². The Morgan fingerprint density at radius 1 is 1.26 bits per heavy atom. The van der Waals surface area contributed by atoms with E-state index < -0.39 is 22.0 Å². The fourth-order valence-corrected chi connectivity index (χ4v) is 5.24. The number of carboxylic acid groups (broad SMARTS) is 1. The normalized spacial score (nSPS) is 17.4. The second-order valence-corrected chi connectivity index (χ2v) is 10.8. The molecule has 0 saturated carbocycles. The van der Waals surface area contributed by atoms with E-state index in [0.717, 1.165) is 25.5 Å². The average molecular weight is 531 g/mol. The average Bonchev–Trinajstić information content (AvgIpc) is 3.05. The highest BCUT2D eigenvalue weighted by Crippen LogP contribution is 2.34. The van der Waals surface area contributed by atoms with Crippen molar-refractivity contribution in [2.75, 3.05) is 18.4 Å². The van der Waals surface area contributed by atoms with Gasteiger partial charge < -0.3 is 15.3 Å². The molecule has 1 aliphatic heterocycles. The molecule has 1 atom stereocenters. The second-order valence-electron chi connectivity index (χ2n) is 8.48. The van der Waals surface area contributed by atoms with Crippen LogP contribution in [-0.4, -0.2) is 64.0 Å². The van der Waals surface area contributed by atoms with Crippen LogP contribution >= 0.6 is 23.2 Å². The number of aromatic nitrogens is 3. The van der Waals surface area contributed by atoms with E-state index in [1.165, 1.54) is 17.0 Å². The number of nitrogens with one attached hydrogen (secondary N) is 2. The Morgan fingerprint density at radius 3 is 2.65 bits per heavy atom. The summed E-state index contributed by atoms with van der Waals surface area (Å²) in [5.41, 5.74) is -0.637. The predicted molar refractivity (Wildman–Crippen MR) is 126 cm³/mol. The van der Waals surface area contributed by atoms with Gasteiger partial charge in [-0.1, -0.05) is 17.7 Å². The maximum atomic E-state index is 12.6. The van der Waals surface area contributed by atoms with E-state index in [9.17, 15) is 23.1 Å². The number of pyridine rings is 1. The van der Waals surface area contributed by atoms with Crippen LogP contribution in [-0.2, 0) is 10.0 Å². The van der Waals surface area contributed by atoms with Gasteiger partial charge in [-0.25, -0.2) is 24.5 Å². The van der Waals surface area contributed by atoms with Crippen LogP contribution in [0.15, 0.2) is 29.4 Å². The summed E-state index contributed by atoms with van der Waals surface area (Å²) >= 11 is 11.4. The number of carbonyl (C=O) groups excluding carboxylic acids is 1. The van der Waals surface area contributed by atoms with Crippen LogP contribution in [0.2, 0.25) is 10.4 Å². The van der Waals surface area contributed by atoms with E-state index in [2.05, 4.69) is 20.3 Å². The van der Waals surface area contributed by atoms with Gasteiger partial charge in [0.15, 0.2) is 5.03 Å². The minimum Gasteiger partial charge on any atom is -0.465 e. The van der Waals surface area contributed by atoms with E-state index in [-0.39, 0.29) is 32.5 Å². The largest absolute Gasteiger partial charge is 0.465 e. The first-order chi connectivity index (χ1) is 15.9. The van der Waals surface area contributed by atoms with Crippen molar-refractivity contribution in [3.63, 3.8) is 0 Å². The van der Waals surface area contributed by atoms with Crippen LogP contribution in [0.25, 0.3) is 0 Å². The number of halogens is 2. The van der Waals surface area contributed by atoms with Gasteiger partial charge in [0.1, 0.15) is 11.0 Å². The molecule has 2 amide bonds. The van der Waals surface area contributed by atoms with Crippen LogP contribution < -0.4 is 10.0 Å². The number of hydrogen-bond donors (Lipinski definition) is 3. The zero-order valence-corrected chi connectivity index (χ0v) is 20.8. The number of carbonyl (C=O) groups is 2. The molecule has 3 N–H and O–H groups in total. The zero-order chi connectivity index (χ0) is 25.1. The standard InChI is InChI=1S/C20H24Cl2N6O5S/c1-20(2)9-12(11-28(20)19(30)31)5-4-8-23-14-6-3-7-15(25-14)34(32,33)27-17(29)13-10-24-18(22)26-16(13)21/h3,6-7,10,12H,4-5,8-9,11H2,1-2H3,(H,23,25)(H,27,29)(H,30,31)/t12-/m0/s1. The molecule has 1 aliphatic rings. The Kier molecular flexibility index (Phi) is 7.84. The molecule has 3 rings (SSSR count). The summed E-state index contributed by atoms with van der Waals surface area (Å²) < 4.78 is 27.1. The molecule has 0 bridgehead atoms. The quantitative estimate of drug-likeness (QED) is 0.264. The number of rotatable bonds is 8. The van der Waals surface area contributed by atoms with Gasteiger partial charge in [-0.15, -0.1) is 0 Å². The van der Waals surface area contributed by atoms with Gasteiger partial charge in [0.2, 0.25) is 5.28 Å². The number of sulfonamides is 1. The smallest absolute Gasteiger partial charge is 0.407 e. The molecule has 0 unspecified atom stereocenters. The van der Waals surface area contributed by atoms with Gasteiger partial charge in [0.05, 0.1) is 5.56 Å². The summed E-state index contributed by atoms with van der Waals surface area (Å²) in [6.45, 7) is 4.85. The lowest BCUT2D eigenvalue weighted by atomic mass is 9.93. The molecule has 1 fully saturated rings. The number of anilines is 1. The summed E-state index contributed by atoms with van der Waals surface area (Å²) in [5, 5.41) is 11.6. The molecular weight excluding hydrogens is 507 g/mol. The van der Waals surface area contributed by atoms with Crippen LogP contribution in [0.5, 0.6) is 0 Å². The molecule has 0 spiro atoms. The van der Waals surface area contributed by atoms with Crippen molar-refractivity contribution in [3.05, 3.63) is 40.4 Å². The third-order valence-corrected chi connectivity index (χ3v) is 7.17. The molecule has 0 radical (unpaired) electrons. The van der Waals surface area contributed by atoms with Crippen molar-refractivity contribution in [2.45, 2.75) is 43.7 Å². The van der Waals surface area contributed by atoms with Crippen LogP contribution in [0.4, 0.5) is 10.6 Å². The summed E-state index contributed by atoms with van der Waals surface area (Å²) in [4.78, 5) is 36.5.